The third kappa shape index (κ3) is 6.08. The van der Waals surface area contributed by atoms with E-state index >= 15 is 0 Å². The Morgan fingerprint density at radius 2 is 1.20 bits per heavy atom. The minimum Gasteiger partial charge on any atom is -0.493 e. The Hall–Kier alpha value is -5.35. The molecule has 2 aliphatic rings. The summed E-state index contributed by atoms with van der Waals surface area (Å²) in [5.74, 6) is 1.28. The molecule has 0 amide bonds. The number of non-ortho nitro benzene ring substituents is 2. The summed E-state index contributed by atoms with van der Waals surface area (Å²) in [6, 6.07) is 17.2. The third-order valence-corrected chi connectivity index (χ3v) is 12.9. The Bertz CT molecular complexity index is 2100. The topological polar surface area (TPSA) is 189 Å². The van der Waals surface area contributed by atoms with E-state index in [9.17, 15) is 37.1 Å². The summed E-state index contributed by atoms with van der Waals surface area (Å²) in [5, 5.41) is 22.4. The highest BCUT2D eigenvalue weighted by molar-refractivity contribution is 8.10. The lowest BCUT2D eigenvalue weighted by Crippen LogP contribution is -2.37. The maximum Gasteiger partial charge on any atom is 0.277 e. The molecule has 1 heterocycles. The molecule has 0 radical (unpaired) electrons. The van der Waals surface area contributed by atoms with Gasteiger partial charge in [0.05, 0.1) is 51.3 Å². The number of nitro benzene ring substituents is 2. The summed E-state index contributed by atoms with van der Waals surface area (Å²) in [4.78, 5) is 25.0. The highest BCUT2D eigenvalue weighted by Crippen LogP contribution is 2.45. The highest BCUT2D eigenvalue weighted by Gasteiger charge is 2.38. The van der Waals surface area contributed by atoms with Crippen molar-refractivity contribution in [3.8, 4) is 11.5 Å². The predicted octanol–water partition coefficient (Wildman–Crippen LogP) is 5.98. The highest BCUT2D eigenvalue weighted by atomic mass is 32.3. The van der Waals surface area contributed by atoms with Crippen molar-refractivity contribution in [2.24, 2.45) is 4.99 Å². The van der Waals surface area contributed by atoms with Crippen molar-refractivity contribution >= 4 is 42.8 Å². The van der Waals surface area contributed by atoms with Crippen LogP contribution in [0.15, 0.2) is 99.7 Å². The normalized spacial score (nSPS) is 17.2. The molecule has 4 aromatic rings. The van der Waals surface area contributed by atoms with Crippen molar-refractivity contribution in [3.05, 3.63) is 122 Å². The van der Waals surface area contributed by atoms with Gasteiger partial charge in [0.1, 0.15) is 0 Å². The van der Waals surface area contributed by atoms with Gasteiger partial charge in [-0.1, -0.05) is 25.0 Å². The molecule has 6 rings (SSSR count). The van der Waals surface area contributed by atoms with Crippen LogP contribution in [0.3, 0.4) is 0 Å². The molecule has 4 aromatic carbocycles. The van der Waals surface area contributed by atoms with Gasteiger partial charge in [-0.05, 0) is 66.9 Å². The molecule has 254 valence electrons. The van der Waals surface area contributed by atoms with Crippen LogP contribution in [0.1, 0.15) is 48.3 Å². The zero-order chi connectivity index (χ0) is 35.1. The van der Waals surface area contributed by atoms with Gasteiger partial charge in [0.2, 0.25) is 0 Å². The lowest BCUT2D eigenvalue weighted by molar-refractivity contribution is -0.385. The third-order valence-electron chi connectivity index (χ3n) is 8.71. The van der Waals surface area contributed by atoms with E-state index in [0.29, 0.717) is 22.8 Å². The fourth-order valence-corrected chi connectivity index (χ4v) is 10.0. The van der Waals surface area contributed by atoms with E-state index in [0.717, 1.165) is 85.3 Å². The van der Waals surface area contributed by atoms with Gasteiger partial charge in [0.15, 0.2) is 11.5 Å². The second-order valence-electron chi connectivity index (χ2n) is 11.5. The summed E-state index contributed by atoms with van der Waals surface area (Å²) < 4.78 is 67.6. The van der Waals surface area contributed by atoms with E-state index in [1.807, 2.05) is 12.1 Å². The molecule has 0 aromatic heterocycles. The van der Waals surface area contributed by atoms with Gasteiger partial charge in [0.25, 0.3) is 31.4 Å². The fraction of sp³-hybridized carbons (Fsp3) is 0.242. The Kier molecular flexibility index (Phi) is 8.85. The number of hydrogen-bond acceptors (Lipinski definition) is 11. The van der Waals surface area contributed by atoms with Crippen LogP contribution in [0.4, 0.5) is 17.1 Å². The first-order valence-electron chi connectivity index (χ1n) is 15.1. The number of fused-ring (bicyclic) bond motifs is 3. The van der Waals surface area contributed by atoms with Gasteiger partial charge in [0, 0.05) is 41.3 Å². The molecule has 0 spiro atoms. The zero-order valence-electron chi connectivity index (χ0n) is 26.3. The van der Waals surface area contributed by atoms with Gasteiger partial charge < -0.3 is 9.47 Å². The number of ether oxygens (including phenoxy) is 2. The Morgan fingerprint density at radius 1 is 0.714 bits per heavy atom. The molecular formula is C33H30N4O10S2. The number of sulfonamides is 2. The first-order valence-corrected chi connectivity index (χ1v) is 18.0. The molecule has 2 atom stereocenters. The number of rotatable bonds is 10. The van der Waals surface area contributed by atoms with Crippen LogP contribution in [-0.4, -0.2) is 52.7 Å². The summed E-state index contributed by atoms with van der Waals surface area (Å²) >= 11 is 0. The van der Waals surface area contributed by atoms with Gasteiger partial charge >= 0.3 is 0 Å². The largest absolute Gasteiger partial charge is 0.493 e. The molecule has 16 heteroatoms. The number of methoxy groups -OCH3 is 2. The van der Waals surface area contributed by atoms with E-state index in [1.54, 1.807) is 19.2 Å². The second kappa shape index (κ2) is 12.9. The maximum atomic E-state index is 14.1. The second-order valence-corrected chi connectivity index (χ2v) is 15.3. The average Bonchev–Trinajstić information content (AvgIpc) is 3.10. The van der Waals surface area contributed by atoms with Crippen LogP contribution < -0.4 is 13.2 Å². The van der Waals surface area contributed by atoms with Crippen molar-refractivity contribution in [3.63, 3.8) is 0 Å². The van der Waals surface area contributed by atoms with Crippen LogP contribution in [0.25, 0.3) is 0 Å². The molecule has 0 bridgehead atoms. The molecule has 0 saturated heterocycles. The van der Waals surface area contributed by atoms with Crippen LogP contribution in [-0.2, 0) is 20.0 Å². The Labute approximate surface area is 282 Å². The SMILES string of the molecule is COc1cc2c(cc1OC)[C@@H]1CCCC[C@@H]1N=C2c1ccc(N(S(=O)(=O)c2ccc([N+](=O)[O-])cc2)S(=O)(=O)c2ccc([N+](=O)[O-])cc2)cc1. The predicted molar refractivity (Wildman–Crippen MR) is 180 cm³/mol. The van der Waals surface area contributed by atoms with Gasteiger partial charge in [-0.15, -0.1) is 0 Å². The van der Waals surface area contributed by atoms with E-state index in [-0.39, 0.29) is 21.4 Å². The smallest absolute Gasteiger partial charge is 0.277 e. The number of benzene rings is 4. The average molecular weight is 707 g/mol. The van der Waals surface area contributed by atoms with Gasteiger partial charge in [-0.25, -0.2) is 16.8 Å². The number of anilines is 1. The van der Waals surface area contributed by atoms with Crippen molar-refractivity contribution in [1.29, 1.82) is 0 Å². The van der Waals surface area contributed by atoms with Crippen molar-refractivity contribution < 1.29 is 36.2 Å². The van der Waals surface area contributed by atoms with Crippen LogP contribution in [0.2, 0.25) is 0 Å². The van der Waals surface area contributed by atoms with Crippen molar-refractivity contribution in [1.82, 2.24) is 0 Å². The Morgan fingerprint density at radius 3 is 1.69 bits per heavy atom. The lowest BCUT2D eigenvalue weighted by Gasteiger charge is -2.36. The maximum absolute atomic E-state index is 14.1. The summed E-state index contributed by atoms with van der Waals surface area (Å²) in [5.41, 5.74) is 2.06. The summed E-state index contributed by atoms with van der Waals surface area (Å²) in [6.45, 7) is 0. The van der Waals surface area contributed by atoms with E-state index in [1.165, 1.54) is 19.2 Å². The minimum atomic E-state index is -4.92. The lowest BCUT2D eigenvalue weighted by atomic mass is 9.75. The number of aliphatic imine (C=N–C) groups is 1. The quantitative estimate of drug-likeness (QED) is 0.140. The van der Waals surface area contributed by atoms with Gasteiger partial charge in [-0.2, -0.15) is 3.71 Å². The molecular weight excluding hydrogens is 677 g/mol. The van der Waals surface area contributed by atoms with Crippen molar-refractivity contribution in [2.75, 3.05) is 17.9 Å². The Balaban J connectivity index is 1.47. The molecule has 1 saturated carbocycles. The monoisotopic (exact) mass is 706 g/mol. The van der Waals surface area contributed by atoms with Crippen LogP contribution in [0, 0.1) is 20.2 Å². The molecule has 1 aliphatic carbocycles. The molecule has 49 heavy (non-hydrogen) atoms. The van der Waals surface area contributed by atoms with Crippen molar-refractivity contribution in [2.45, 2.75) is 47.4 Å². The van der Waals surface area contributed by atoms with E-state index < -0.39 is 51.1 Å². The van der Waals surface area contributed by atoms with E-state index in [4.69, 9.17) is 14.5 Å². The van der Waals surface area contributed by atoms with Gasteiger partial charge in [-0.3, -0.25) is 25.2 Å². The fourth-order valence-electron chi connectivity index (χ4n) is 6.32. The molecule has 1 aliphatic heterocycles. The molecule has 0 N–H and O–H groups in total. The molecule has 0 unspecified atom stereocenters. The standard InChI is InChI=1S/C33H30N4O10S2/c1-46-31-19-28-27-5-3-4-6-30(27)34-33(29(28)20-32(31)47-2)21-7-9-24(10-8-21)37(48(42,43)25-15-11-22(12-16-25)35(38)39)49(44,45)26-17-13-23(14-18-26)36(40)41/h7-20,27,30H,3-6H2,1-2H3/t27-,30-/m0/s1. The van der Waals surface area contributed by atoms with E-state index in [2.05, 4.69) is 0 Å². The zero-order valence-corrected chi connectivity index (χ0v) is 27.9. The van der Waals surface area contributed by atoms with Crippen LogP contribution in [0.5, 0.6) is 11.5 Å². The number of nitro groups is 2. The molecule has 14 nitrogen and oxygen atoms in total. The first-order chi connectivity index (χ1) is 23.4. The number of nitrogens with zero attached hydrogens (tertiary/aromatic N) is 4. The minimum absolute atomic E-state index is 0.00977. The summed E-state index contributed by atoms with van der Waals surface area (Å²) in [6.07, 6.45) is 3.93. The first kappa shape index (κ1) is 33.5. The number of hydrogen-bond donors (Lipinski definition) is 0. The van der Waals surface area contributed by atoms with Crippen LogP contribution >= 0.6 is 0 Å². The summed E-state index contributed by atoms with van der Waals surface area (Å²) in [7, 11) is -6.73. The molecule has 1 fully saturated rings.